The SMILES string of the molecule is Fc1cc(C(Cl)(Cl)Cl)ccc1C(Cl)Cl. The predicted molar refractivity (Wildman–Crippen MR) is 60.1 cm³/mol. The first-order valence-corrected chi connectivity index (χ1v) is 5.48. The van der Waals surface area contributed by atoms with Gasteiger partial charge in [0, 0.05) is 11.1 Å². The van der Waals surface area contributed by atoms with Crippen molar-refractivity contribution in [2.45, 2.75) is 8.63 Å². The first kappa shape index (κ1) is 12.7. The van der Waals surface area contributed by atoms with E-state index in [4.69, 9.17) is 58.0 Å². The molecule has 0 nitrogen and oxygen atoms in total. The van der Waals surface area contributed by atoms with E-state index in [1.807, 2.05) is 0 Å². The largest absolute Gasteiger partial charge is 0.216 e. The number of benzene rings is 1. The molecule has 0 fully saturated rings. The van der Waals surface area contributed by atoms with Crippen molar-refractivity contribution < 1.29 is 4.39 Å². The first-order valence-electron chi connectivity index (χ1n) is 3.47. The second-order valence-electron chi connectivity index (χ2n) is 2.53. The molecule has 0 aliphatic carbocycles. The molecule has 0 saturated carbocycles. The van der Waals surface area contributed by atoms with Crippen molar-refractivity contribution in [3.05, 3.63) is 35.1 Å². The fraction of sp³-hybridized carbons (Fsp3) is 0.250. The molecule has 14 heavy (non-hydrogen) atoms. The normalized spacial score (nSPS) is 12.2. The molecule has 1 aromatic carbocycles. The van der Waals surface area contributed by atoms with Crippen LogP contribution in [0.15, 0.2) is 18.2 Å². The predicted octanol–water partition coefficient (Wildman–Crippen LogP) is 5.13. The molecule has 0 atom stereocenters. The standard InChI is InChI=1S/C8H4Cl5F/c9-7(10)5-2-1-4(3-6(5)14)8(11,12)13/h1-3,7H. The van der Waals surface area contributed by atoms with Crippen molar-refractivity contribution in [1.29, 1.82) is 0 Å². The number of halogens is 6. The van der Waals surface area contributed by atoms with E-state index >= 15 is 0 Å². The van der Waals surface area contributed by atoms with Gasteiger partial charge in [-0.15, -0.1) is 0 Å². The molecule has 0 amide bonds. The van der Waals surface area contributed by atoms with Gasteiger partial charge in [0.05, 0.1) is 0 Å². The molecule has 0 heterocycles. The highest BCUT2D eigenvalue weighted by atomic mass is 35.6. The molecule has 0 saturated heterocycles. The Labute approximate surface area is 106 Å². The lowest BCUT2D eigenvalue weighted by Gasteiger charge is -2.12. The monoisotopic (exact) mass is 294 g/mol. The Morgan fingerprint density at radius 3 is 2.07 bits per heavy atom. The van der Waals surface area contributed by atoms with Crippen LogP contribution in [0, 0.1) is 5.82 Å². The Kier molecular flexibility index (Phi) is 4.19. The van der Waals surface area contributed by atoms with Crippen LogP contribution in [0.5, 0.6) is 0 Å². The molecule has 1 rings (SSSR count). The summed E-state index contributed by atoms with van der Waals surface area (Å²) in [4.78, 5) is -0.931. The highest BCUT2D eigenvalue weighted by Gasteiger charge is 2.24. The van der Waals surface area contributed by atoms with Crippen molar-refractivity contribution >= 4 is 58.0 Å². The van der Waals surface area contributed by atoms with Crippen LogP contribution in [0.25, 0.3) is 0 Å². The average molecular weight is 296 g/mol. The molecular formula is C8H4Cl5F. The van der Waals surface area contributed by atoms with E-state index in [1.165, 1.54) is 12.1 Å². The quantitative estimate of drug-likeness (QED) is 0.630. The summed E-state index contributed by atoms with van der Waals surface area (Å²) in [7, 11) is 0. The van der Waals surface area contributed by atoms with Gasteiger partial charge in [-0.05, 0) is 6.07 Å². The minimum atomic E-state index is -1.65. The Morgan fingerprint density at radius 1 is 1.14 bits per heavy atom. The zero-order chi connectivity index (χ0) is 10.9. The third-order valence-corrected chi connectivity index (χ3v) is 2.69. The third-order valence-electron chi connectivity index (χ3n) is 1.56. The van der Waals surface area contributed by atoms with Crippen molar-refractivity contribution in [2.24, 2.45) is 0 Å². The number of hydrogen-bond acceptors (Lipinski definition) is 0. The highest BCUT2D eigenvalue weighted by Crippen LogP contribution is 2.39. The minimum absolute atomic E-state index is 0.159. The van der Waals surface area contributed by atoms with Gasteiger partial charge in [0.15, 0.2) is 0 Å². The Hall–Kier alpha value is 0.600. The van der Waals surface area contributed by atoms with Gasteiger partial charge in [-0.2, -0.15) is 0 Å². The molecular weight excluding hydrogens is 292 g/mol. The topological polar surface area (TPSA) is 0 Å². The van der Waals surface area contributed by atoms with E-state index in [0.717, 1.165) is 6.07 Å². The summed E-state index contributed by atoms with van der Waals surface area (Å²) in [5.74, 6) is -0.594. The average Bonchev–Trinajstić information content (AvgIpc) is 2.01. The summed E-state index contributed by atoms with van der Waals surface area (Å²) in [6.07, 6.45) is 0. The van der Waals surface area contributed by atoms with Crippen molar-refractivity contribution in [3.63, 3.8) is 0 Å². The van der Waals surface area contributed by atoms with Gasteiger partial charge in [0.25, 0.3) is 0 Å². The lowest BCUT2D eigenvalue weighted by atomic mass is 10.1. The smallest absolute Gasteiger partial charge is 0.207 e. The summed E-state index contributed by atoms with van der Waals surface area (Å²) in [6.45, 7) is 0. The van der Waals surface area contributed by atoms with Crippen molar-refractivity contribution in [3.8, 4) is 0 Å². The van der Waals surface area contributed by atoms with Gasteiger partial charge in [-0.25, -0.2) is 4.39 Å². The summed E-state index contributed by atoms with van der Waals surface area (Å²) in [6, 6.07) is 3.94. The van der Waals surface area contributed by atoms with Gasteiger partial charge in [0.1, 0.15) is 10.7 Å². The molecule has 6 heteroatoms. The van der Waals surface area contributed by atoms with E-state index < -0.39 is 14.4 Å². The lowest BCUT2D eigenvalue weighted by Crippen LogP contribution is -2.02. The van der Waals surface area contributed by atoms with Gasteiger partial charge in [-0.3, -0.25) is 0 Å². The molecule has 0 N–H and O–H groups in total. The third kappa shape index (κ3) is 3.04. The summed E-state index contributed by atoms with van der Waals surface area (Å²) in [5, 5.41) is 0. The molecule has 0 aromatic heterocycles. The zero-order valence-electron chi connectivity index (χ0n) is 6.58. The molecule has 0 bridgehead atoms. The van der Waals surface area contributed by atoms with E-state index in [-0.39, 0.29) is 11.1 Å². The van der Waals surface area contributed by atoms with Crippen LogP contribution in [-0.2, 0) is 3.79 Å². The van der Waals surface area contributed by atoms with Crippen LogP contribution >= 0.6 is 58.0 Å². The van der Waals surface area contributed by atoms with Gasteiger partial charge >= 0.3 is 0 Å². The van der Waals surface area contributed by atoms with E-state index in [0.29, 0.717) is 0 Å². The van der Waals surface area contributed by atoms with Crippen molar-refractivity contribution in [2.75, 3.05) is 0 Å². The fourth-order valence-corrected chi connectivity index (χ4v) is 1.59. The van der Waals surface area contributed by atoms with Gasteiger partial charge < -0.3 is 0 Å². The van der Waals surface area contributed by atoms with Crippen LogP contribution < -0.4 is 0 Å². The van der Waals surface area contributed by atoms with Gasteiger partial charge in [-0.1, -0.05) is 70.1 Å². The summed E-state index contributed by atoms with van der Waals surface area (Å²) in [5.41, 5.74) is 0.393. The molecule has 78 valence electrons. The molecule has 0 unspecified atom stereocenters. The summed E-state index contributed by atoms with van der Waals surface area (Å²) >= 11 is 27.7. The van der Waals surface area contributed by atoms with Crippen LogP contribution in [0.4, 0.5) is 4.39 Å². The molecule has 0 aliphatic rings. The molecule has 0 aliphatic heterocycles. The zero-order valence-corrected chi connectivity index (χ0v) is 10.4. The fourth-order valence-electron chi connectivity index (χ4n) is 0.880. The molecule has 1 aromatic rings. The second kappa shape index (κ2) is 4.63. The Balaban J connectivity index is 3.13. The van der Waals surface area contributed by atoms with Crippen molar-refractivity contribution in [1.82, 2.24) is 0 Å². The highest BCUT2D eigenvalue weighted by molar-refractivity contribution is 6.66. The lowest BCUT2D eigenvalue weighted by molar-refractivity contribution is 0.614. The molecule has 0 radical (unpaired) electrons. The molecule has 0 spiro atoms. The van der Waals surface area contributed by atoms with Crippen LogP contribution in [-0.4, -0.2) is 0 Å². The van der Waals surface area contributed by atoms with Gasteiger partial charge in [0.2, 0.25) is 3.79 Å². The van der Waals surface area contributed by atoms with E-state index in [2.05, 4.69) is 0 Å². The number of hydrogen-bond donors (Lipinski definition) is 0. The maximum absolute atomic E-state index is 13.3. The van der Waals surface area contributed by atoms with Crippen LogP contribution in [0.1, 0.15) is 16.0 Å². The maximum Gasteiger partial charge on any atom is 0.216 e. The number of alkyl halides is 5. The Morgan fingerprint density at radius 2 is 1.71 bits per heavy atom. The van der Waals surface area contributed by atoms with Crippen LogP contribution in [0.2, 0.25) is 0 Å². The number of rotatable bonds is 1. The minimum Gasteiger partial charge on any atom is -0.207 e. The summed E-state index contributed by atoms with van der Waals surface area (Å²) < 4.78 is 11.6. The first-order chi connectivity index (χ1) is 6.32. The maximum atomic E-state index is 13.3. The second-order valence-corrected chi connectivity index (χ2v) is 5.91. The van der Waals surface area contributed by atoms with Crippen LogP contribution in [0.3, 0.4) is 0 Å². The van der Waals surface area contributed by atoms with E-state index in [1.54, 1.807) is 0 Å². The van der Waals surface area contributed by atoms with E-state index in [9.17, 15) is 4.39 Å². The Bertz CT molecular complexity index is 331.